The summed E-state index contributed by atoms with van der Waals surface area (Å²) in [6, 6.07) is 44.1. The second kappa shape index (κ2) is 14.3. The number of rotatable bonds is 5. The van der Waals surface area contributed by atoms with E-state index in [4.69, 9.17) is 4.42 Å². The first-order valence-corrected chi connectivity index (χ1v) is 19.4. The van der Waals surface area contributed by atoms with Gasteiger partial charge < -0.3 is 14.4 Å². The molecule has 3 aromatic heterocycles. The summed E-state index contributed by atoms with van der Waals surface area (Å²) in [5.74, 6) is 0. The molecule has 47 heavy (non-hydrogen) atoms. The van der Waals surface area contributed by atoms with Crippen LogP contribution in [0.15, 0.2) is 126 Å². The summed E-state index contributed by atoms with van der Waals surface area (Å²) in [5.41, 5.74) is 9.50. The Morgan fingerprint density at radius 1 is 0.745 bits per heavy atom. The third-order valence-electron chi connectivity index (χ3n) is 7.95. The molecule has 0 amide bonds. The number of hydrogen-bond acceptors (Lipinski definition) is 3. The van der Waals surface area contributed by atoms with Gasteiger partial charge in [0, 0.05) is 32.5 Å². The summed E-state index contributed by atoms with van der Waals surface area (Å²) in [5, 5.41) is 3.61. The number of hydrogen-bond donors (Lipinski definition) is 0. The van der Waals surface area contributed by atoms with E-state index < -0.39 is 8.07 Å². The van der Waals surface area contributed by atoms with E-state index in [1.54, 1.807) is 0 Å². The fourth-order valence-electron chi connectivity index (χ4n) is 5.66. The van der Waals surface area contributed by atoms with Gasteiger partial charge in [-0.2, -0.15) is 0 Å². The van der Waals surface area contributed by atoms with Crippen molar-refractivity contribution >= 4 is 35.2 Å². The molecule has 0 saturated heterocycles. The summed E-state index contributed by atoms with van der Waals surface area (Å²) < 4.78 is 6.20. The quantitative estimate of drug-likeness (QED) is 0.128. The van der Waals surface area contributed by atoms with Gasteiger partial charge >= 0.3 is 0 Å². The first-order chi connectivity index (χ1) is 22.0. The van der Waals surface area contributed by atoms with Crippen molar-refractivity contribution < 1.29 is 24.5 Å². The van der Waals surface area contributed by atoms with Gasteiger partial charge in [0.2, 0.25) is 0 Å². The average Bonchev–Trinajstić information content (AvgIpc) is 3.43. The molecule has 0 bridgehead atoms. The van der Waals surface area contributed by atoms with Crippen LogP contribution in [0.4, 0.5) is 0 Å². The largest absolute Gasteiger partial charge is 0.477 e. The van der Waals surface area contributed by atoms with Gasteiger partial charge in [-0.15, -0.1) is 53.6 Å². The molecule has 3 nitrogen and oxygen atoms in total. The maximum absolute atomic E-state index is 6.20. The Bertz CT molecular complexity index is 2070. The van der Waals surface area contributed by atoms with Gasteiger partial charge in [0.15, 0.2) is 0 Å². The number of aromatic nitrogens is 2. The maximum Gasteiger partial charge on any atom is 0.124 e. The van der Waals surface area contributed by atoms with E-state index in [1.807, 2.05) is 54.9 Å². The molecule has 0 unspecified atom stereocenters. The SMILES string of the molecule is CC(C)(C)Cc1ccnc(-c2[c-]c3oc4cccc(-c5ccccc5)c4c3cc2)c1.C[Si](C)(C)c1ccc(-c2[c-]cccc2)nc1.[Ir]. The Labute approximate surface area is 293 Å². The minimum Gasteiger partial charge on any atom is -0.477 e. The zero-order valence-electron chi connectivity index (χ0n) is 27.9. The van der Waals surface area contributed by atoms with Crippen LogP contribution < -0.4 is 5.19 Å². The summed E-state index contributed by atoms with van der Waals surface area (Å²) in [6.07, 6.45) is 4.92. The summed E-state index contributed by atoms with van der Waals surface area (Å²) >= 11 is 0. The number of furan rings is 1. The molecule has 0 saturated carbocycles. The Morgan fingerprint density at radius 3 is 2.21 bits per heavy atom. The Kier molecular flexibility index (Phi) is 10.4. The van der Waals surface area contributed by atoms with Crippen LogP contribution in [0, 0.1) is 17.5 Å². The predicted octanol–water partition coefficient (Wildman–Crippen LogP) is 10.8. The number of benzene rings is 4. The molecule has 1 radical (unpaired) electrons. The number of fused-ring (bicyclic) bond motifs is 3. The van der Waals surface area contributed by atoms with Gasteiger partial charge in [0.25, 0.3) is 0 Å². The Morgan fingerprint density at radius 2 is 1.53 bits per heavy atom. The van der Waals surface area contributed by atoms with Crippen molar-refractivity contribution in [2.75, 3.05) is 0 Å². The third kappa shape index (κ3) is 8.23. The van der Waals surface area contributed by atoms with Crippen molar-refractivity contribution in [3.63, 3.8) is 0 Å². The van der Waals surface area contributed by atoms with Gasteiger partial charge in [-0.25, -0.2) is 0 Å². The van der Waals surface area contributed by atoms with Gasteiger partial charge in [-0.3, -0.25) is 0 Å². The van der Waals surface area contributed by atoms with Crippen molar-refractivity contribution in [1.82, 2.24) is 9.97 Å². The van der Waals surface area contributed by atoms with Crippen molar-refractivity contribution in [3.05, 3.63) is 139 Å². The van der Waals surface area contributed by atoms with E-state index in [9.17, 15) is 0 Å². The fourth-order valence-corrected chi connectivity index (χ4v) is 6.69. The molecule has 0 N–H and O–H groups in total. The third-order valence-corrected chi connectivity index (χ3v) is 9.98. The van der Waals surface area contributed by atoms with Crippen molar-refractivity contribution in [2.24, 2.45) is 5.41 Å². The predicted molar refractivity (Wildman–Crippen MR) is 196 cm³/mol. The molecule has 0 atom stereocenters. The van der Waals surface area contributed by atoms with Gasteiger partial charge in [0.1, 0.15) is 5.58 Å². The molecular formula is C42H40IrN2OSi-2. The van der Waals surface area contributed by atoms with E-state index in [1.165, 1.54) is 21.9 Å². The molecule has 7 rings (SSSR count). The minimum absolute atomic E-state index is 0. The topological polar surface area (TPSA) is 38.9 Å². The van der Waals surface area contributed by atoms with E-state index in [0.29, 0.717) is 0 Å². The van der Waals surface area contributed by atoms with Gasteiger partial charge in [-0.05, 0) is 57.1 Å². The standard InChI is InChI=1S/C28H24NO.C14H16NSi.Ir/c1-28(2,3)18-19-14-15-29-24(16-19)21-12-13-23-26(17-21)30-25-11-7-10-22(27(23)25)20-8-5-4-6-9-20;1-16(2,3)13-9-10-14(15-11-13)12-7-5-4-6-8-12;/h4-16H,18H2,1-3H3;4-7,9-11H,1-3H3;/q2*-1;. The van der Waals surface area contributed by atoms with Crippen LogP contribution in [-0.2, 0) is 26.5 Å². The summed E-state index contributed by atoms with van der Waals surface area (Å²) in [4.78, 5) is 9.11. The molecule has 0 aliphatic heterocycles. The Hall–Kier alpha value is -4.15. The van der Waals surface area contributed by atoms with E-state index in [-0.39, 0.29) is 25.5 Å². The summed E-state index contributed by atoms with van der Waals surface area (Å²) in [7, 11) is -1.23. The summed E-state index contributed by atoms with van der Waals surface area (Å²) in [6.45, 7) is 13.8. The molecule has 4 aromatic carbocycles. The fraction of sp³-hybridized carbons (Fsp3) is 0.190. The molecule has 0 aliphatic carbocycles. The average molecular weight is 809 g/mol. The van der Waals surface area contributed by atoms with Crippen LogP contribution in [0.25, 0.3) is 55.6 Å². The maximum atomic E-state index is 6.20. The number of nitrogens with zero attached hydrogens (tertiary/aromatic N) is 2. The molecule has 0 aliphatic rings. The molecule has 3 heterocycles. The normalized spacial score (nSPS) is 11.5. The molecule has 0 fully saturated rings. The van der Waals surface area contributed by atoms with Crippen LogP contribution >= 0.6 is 0 Å². The Balaban J connectivity index is 0.000000217. The van der Waals surface area contributed by atoms with E-state index in [2.05, 4.69) is 129 Å². The van der Waals surface area contributed by atoms with Gasteiger partial charge in [-0.1, -0.05) is 118 Å². The van der Waals surface area contributed by atoms with E-state index in [0.717, 1.165) is 50.9 Å². The van der Waals surface area contributed by atoms with Gasteiger partial charge in [0.05, 0.1) is 13.7 Å². The van der Waals surface area contributed by atoms with Crippen LogP contribution in [0.1, 0.15) is 26.3 Å². The van der Waals surface area contributed by atoms with Crippen LogP contribution in [-0.4, -0.2) is 18.0 Å². The number of pyridine rings is 2. The molecular weight excluding hydrogens is 769 g/mol. The van der Waals surface area contributed by atoms with E-state index >= 15 is 0 Å². The van der Waals surface area contributed by atoms with Crippen LogP contribution in [0.5, 0.6) is 0 Å². The van der Waals surface area contributed by atoms with Crippen molar-refractivity contribution in [2.45, 2.75) is 46.8 Å². The smallest absolute Gasteiger partial charge is 0.124 e. The van der Waals surface area contributed by atoms with Crippen LogP contribution in [0.2, 0.25) is 19.6 Å². The molecule has 0 spiro atoms. The zero-order valence-corrected chi connectivity index (χ0v) is 31.3. The van der Waals surface area contributed by atoms with Crippen LogP contribution in [0.3, 0.4) is 0 Å². The molecule has 239 valence electrons. The minimum atomic E-state index is -1.23. The molecule has 5 heteroatoms. The van der Waals surface area contributed by atoms with Crippen molar-refractivity contribution in [1.29, 1.82) is 0 Å². The first kappa shape index (κ1) is 34.2. The van der Waals surface area contributed by atoms with Crippen molar-refractivity contribution in [3.8, 4) is 33.6 Å². The second-order valence-corrected chi connectivity index (χ2v) is 19.1. The first-order valence-electron chi connectivity index (χ1n) is 15.9. The second-order valence-electron chi connectivity index (χ2n) is 14.0. The monoisotopic (exact) mass is 809 g/mol. The molecule has 7 aromatic rings. The zero-order chi connectivity index (χ0) is 32.3.